The highest BCUT2D eigenvalue weighted by Gasteiger charge is 2.05. The number of benzene rings is 2. The first-order valence-electron chi connectivity index (χ1n) is 6.16. The molecule has 0 aromatic heterocycles. The fraction of sp³-hybridized carbons (Fsp3) is 0.125. The first-order valence-corrected chi connectivity index (χ1v) is 6.16. The van der Waals surface area contributed by atoms with Crippen LogP contribution in [0.25, 0.3) is 11.1 Å². The minimum atomic E-state index is -0.349. The summed E-state index contributed by atoms with van der Waals surface area (Å²) >= 11 is 0. The van der Waals surface area contributed by atoms with Crippen molar-refractivity contribution in [3.63, 3.8) is 0 Å². The number of carbonyl (C=O) groups excluding carboxylic acids is 2. The van der Waals surface area contributed by atoms with Gasteiger partial charge in [0.2, 0.25) is 5.91 Å². The molecule has 4 heteroatoms. The van der Waals surface area contributed by atoms with E-state index in [1.165, 1.54) is 14.0 Å². The Labute approximate surface area is 117 Å². The normalized spacial score (nSPS) is 9.90. The Hall–Kier alpha value is -2.62. The van der Waals surface area contributed by atoms with Crippen LogP contribution in [0.4, 0.5) is 5.69 Å². The number of amides is 1. The SMILES string of the molecule is COC(=O)c1ccc(-c2ccc(NC(C)=O)cc2)cc1. The van der Waals surface area contributed by atoms with E-state index in [1.807, 2.05) is 36.4 Å². The molecule has 0 aliphatic carbocycles. The molecule has 0 radical (unpaired) electrons. The van der Waals surface area contributed by atoms with E-state index in [9.17, 15) is 9.59 Å². The summed E-state index contributed by atoms with van der Waals surface area (Å²) in [4.78, 5) is 22.3. The van der Waals surface area contributed by atoms with E-state index in [4.69, 9.17) is 0 Å². The summed E-state index contributed by atoms with van der Waals surface area (Å²) in [6.07, 6.45) is 0. The van der Waals surface area contributed by atoms with Crippen LogP contribution >= 0.6 is 0 Å². The molecule has 102 valence electrons. The Morgan fingerprint density at radius 2 is 1.40 bits per heavy atom. The Morgan fingerprint density at radius 1 is 0.900 bits per heavy atom. The predicted octanol–water partition coefficient (Wildman–Crippen LogP) is 3.10. The number of rotatable bonds is 3. The number of ether oxygens (including phenoxy) is 1. The molecule has 0 fully saturated rings. The topological polar surface area (TPSA) is 55.4 Å². The molecule has 1 amide bonds. The Morgan fingerprint density at radius 3 is 1.85 bits per heavy atom. The van der Waals surface area contributed by atoms with Crippen molar-refractivity contribution in [2.75, 3.05) is 12.4 Å². The molecule has 2 rings (SSSR count). The van der Waals surface area contributed by atoms with E-state index < -0.39 is 0 Å². The number of nitrogens with one attached hydrogen (secondary N) is 1. The van der Waals surface area contributed by atoms with Gasteiger partial charge in [0.1, 0.15) is 0 Å². The maximum absolute atomic E-state index is 11.3. The maximum Gasteiger partial charge on any atom is 0.337 e. The smallest absolute Gasteiger partial charge is 0.337 e. The Bertz CT molecular complexity index is 615. The van der Waals surface area contributed by atoms with Gasteiger partial charge in [-0.1, -0.05) is 24.3 Å². The van der Waals surface area contributed by atoms with Gasteiger partial charge in [-0.15, -0.1) is 0 Å². The monoisotopic (exact) mass is 269 g/mol. The highest BCUT2D eigenvalue weighted by molar-refractivity contribution is 5.90. The van der Waals surface area contributed by atoms with Gasteiger partial charge in [0.25, 0.3) is 0 Å². The highest BCUT2D eigenvalue weighted by atomic mass is 16.5. The first-order chi connectivity index (χ1) is 9.60. The summed E-state index contributed by atoms with van der Waals surface area (Å²) in [5.74, 6) is -0.447. The second-order valence-electron chi connectivity index (χ2n) is 4.33. The van der Waals surface area contributed by atoms with Crippen molar-refractivity contribution < 1.29 is 14.3 Å². The lowest BCUT2D eigenvalue weighted by molar-refractivity contribution is -0.114. The molecule has 2 aromatic carbocycles. The molecule has 0 saturated carbocycles. The largest absolute Gasteiger partial charge is 0.465 e. The summed E-state index contributed by atoms with van der Waals surface area (Å²) in [5.41, 5.74) is 3.28. The third-order valence-corrected chi connectivity index (χ3v) is 2.84. The molecule has 0 aliphatic rings. The lowest BCUT2D eigenvalue weighted by atomic mass is 10.0. The van der Waals surface area contributed by atoms with Crippen LogP contribution in [0.15, 0.2) is 48.5 Å². The molecule has 1 N–H and O–H groups in total. The van der Waals surface area contributed by atoms with Crippen molar-refractivity contribution in [2.45, 2.75) is 6.92 Å². The maximum atomic E-state index is 11.3. The molecule has 0 atom stereocenters. The lowest BCUT2D eigenvalue weighted by Gasteiger charge is -2.06. The highest BCUT2D eigenvalue weighted by Crippen LogP contribution is 2.22. The lowest BCUT2D eigenvalue weighted by Crippen LogP contribution is -2.05. The molecule has 0 heterocycles. The first kappa shape index (κ1) is 13.8. The Kier molecular flexibility index (Phi) is 4.15. The van der Waals surface area contributed by atoms with Crippen LogP contribution in [0.1, 0.15) is 17.3 Å². The zero-order valence-corrected chi connectivity index (χ0v) is 11.3. The van der Waals surface area contributed by atoms with Gasteiger partial charge in [-0.05, 0) is 35.4 Å². The molecular formula is C16H15NO3. The van der Waals surface area contributed by atoms with Crippen molar-refractivity contribution in [3.05, 3.63) is 54.1 Å². The molecule has 0 unspecified atom stereocenters. The molecule has 0 spiro atoms. The molecule has 2 aromatic rings. The van der Waals surface area contributed by atoms with Crippen LogP contribution in [-0.4, -0.2) is 19.0 Å². The van der Waals surface area contributed by atoms with Crippen molar-refractivity contribution in [3.8, 4) is 11.1 Å². The van der Waals surface area contributed by atoms with Crippen molar-refractivity contribution in [2.24, 2.45) is 0 Å². The van der Waals surface area contributed by atoms with E-state index in [0.29, 0.717) is 5.56 Å². The second kappa shape index (κ2) is 6.02. The van der Waals surface area contributed by atoms with Crippen molar-refractivity contribution in [1.82, 2.24) is 0 Å². The van der Waals surface area contributed by atoms with E-state index in [2.05, 4.69) is 10.1 Å². The van der Waals surface area contributed by atoms with Crippen LogP contribution in [0, 0.1) is 0 Å². The van der Waals surface area contributed by atoms with Gasteiger partial charge in [-0.2, -0.15) is 0 Å². The van der Waals surface area contributed by atoms with Gasteiger partial charge in [0.05, 0.1) is 12.7 Å². The number of anilines is 1. The van der Waals surface area contributed by atoms with Crippen molar-refractivity contribution >= 4 is 17.6 Å². The van der Waals surface area contributed by atoms with Gasteiger partial charge in [-0.3, -0.25) is 4.79 Å². The molecule has 0 bridgehead atoms. The van der Waals surface area contributed by atoms with Gasteiger partial charge in [0, 0.05) is 12.6 Å². The fourth-order valence-electron chi connectivity index (χ4n) is 1.87. The van der Waals surface area contributed by atoms with Crippen molar-refractivity contribution in [1.29, 1.82) is 0 Å². The molecule has 0 saturated heterocycles. The molecule has 20 heavy (non-hydrogen) atoms. The zero-order valence-electron chi connectivity index (χ0n) is 11.3. The van der Waals surface area contributed by atoms with Gasteiger partial charge >= 0.3 is 5.97 Å². The zero-order chi connectivity index (χ0) is 14.5. The van der Waals surface area contributed by atoms with Crippen LogP contribution in [0.2, 0.25) is 0 Å². The van der Waals surface area contributed by atoms with Gasteiger partial charge in [0.15, 0.2) is 0 Å². The Balaban J connectivity index is 2.19. The van der Waals surface area contributed by atoms with Crippen LogP contribution in [0.5, 0.6) is 0 Å². The third kappa shape index (κ3) is 3.23. The average molecular weight is 269 g/mol. The number of methoxy groups -OCH3 is 1. The van der Waals surface area contributed by atoms with E-state index in [-0.39, 0.29) is 11.9 Å². The van der Waals surface area contributed by atoms with E-state index in [0.717, 1.165) is 16.8 Å². The minimum absolute atomic E-state index is 0.0971. The number of esters is 1. The van der Waals surface area contributed by atoms with Crippen LogP contribution < -0.4 is 5.32 Å². The number of hydrogen-bond acceptors (Lipinski definition) is 3. The van der Waals surface area contributed by atoms with Crippen LogP contribution in [0.3, 0.4) is 0 Å². The summed E-state index contributed by atoms with van der Waals surface area (Å²) in [6.45, 7) is 1.47. The predicted molar refractivity (Wildman–Crippen MR) is 77.5 cm³/mol. The summed E-state index contributed by atoms with van der Waals surface area (Å²) in [5, 5.41) is 2.71. The second-order valence-corrected chi connectivity index (χ2v) is 4.33. The fourth-order valence-corrected chi connectivity index (χ4v) is 1.87. The van der Waals surface area contributed by atoms with Gasteiger partial charge in [-0.25, -0.2) is 4.79 Å². The van der Waals surface area contributed by atoms with Gasteiger partial charge < -0.3 is 10.1 Å². The molecule has 4 nitrogen and oxygen atoms in total. The molecule has 0 aliphatic heterocycles. The summed E-state index contributed by atoms with van der Waals surface area (Å²) in [6, 6.07) is 14.7. The summed E-state index contributed by atoms with van der Waals surface area (Å²) < 4.78 is 4.66. The number of hydrogen-bond donors (Lipinski definition) is 1. The molecular weight excluding hydrogens is 254 g/mol. The standard InChI is InChI=1S/C16H15NO3/c1-11(18)17-15-9-7-13(8-10-15)12-3-5-14(6-4-12)16(19)20-2/h3-10H,1-2H3,(H,17,18). The van der Waals surface area contributed by atoms with E-state index >= 15 is 0 Å². The van der Waals surface area contributed by atoms with Crippen LogP contribution in [-0.2, 0) is 9.53 Å². The summed E-state index contributed by atoms with van der Waals surface area (Å²) in [7, 11) is 1.36. The minimum Gasteiger partial charge on any atom is -0.465 e. The van der Waals surface area contributed by atoms with E-state index in [1.54, 1.807) is 12.1 Å². The average Bonchev–Trinajstić information content (AvgIpc) is 2.47. The number of carbonyl (C=O) groups is 2. The quantitative estimate of drug-likeness (QED) is 0.871. The third-order valence-electron chi connectivity index (χ3n) is 2.84.